The number of rotatable bonds is 3. The van der Waals surface area contributed by atoms with Crippen LogP contribution >= 0.6 is 24.8 Å². The third-order valence-electron chi connectivity index (χ3n) is 2.62. The first kappa shape index (κ1) is 16.1. The van der Waals surface area contributed by atoms with Crippen LogP contribution in [-0.2, 0) is 6.42 Å². The van der Waals surface area contributed by atoms with Gasteiger partial charge in [-0.1, -0.05) is 0 Å². The first-order chi connectivity index (χ1) is 7.16. The molecule has 1 aromatic heterocycles. The highest BCUT2D eigenvalue weighted by Crippen LogP contribution is 2.21. The smallest absolute Gasteiger partial charge is 0.0458 e. The normalized spacial score (nSPS) is 10.1. The average Bonchev–Trinajstić information content (AvgIpc) is 2.57. The van der Waals surface area contributed by atoms with E-state index < -0.39 is 0 Å². The lowest BCUT2D eigenvalue weighted by molar-refractivity contribution is 0.414. The molecule has 0 bridgehead atoms. The molecule has 0 aliphatic heterocycles. The highest BCUT2D eigenvalue weighted by Gasteiger charge is 2.03. The maximum Gasteiger partial charge on any atom is 0.0458 e. The highest BCUT2D eigenvalue weighted by molar-refractivity contribution is 5.86. The van der Waals surface area contributed by atoms with Crippen LogP contribution in [0, 0.1) is 0 Å². The summed E-state index contributed by atoms with van der Waals surface area (Å²) >= 11 is 0. The van der Waals surface area contributed by atoms with E-state index in [4.69, 9.17) is 5.73 Å². The number of nitrogen functional groups attached to an aromatic ring is 1. The van der Waals surface area contributed by atoms with Crippen LogP contribution in [-0.4, -0.2) is 30.5 Å². The first-order valence-corrected chi connectivity index (χ1v) is 5.17. The Bertz CT molecular complexity index is 466. The fraction of sp³-hybridized carbons (Fsp3) is 0.333. The maximum atomic E-state index is 5.78. The monoisotopic (exact) mass is 275 g/mol. The first-order valence-electron chi connectivity index (χ1n) is 5.17. The Morgan fingerprint density at radius 1 is 1.24 bits per heavy atom. The summed E-state index contributed by atoms with van der Waals surface area (Å²) in [6.45, 7) is 1.06. The number of fused-ring (bicyclic) bond motifs is 1. The fourth-order valence-electron chi connectivity index (χ4n) is 1.75. The lowest BCUT2D eigenvalue weighted by Crippen LogP contribution is -2.14. The quantitative estimate of drug-likeness (QED) is 0.847. The number of aromatic amines is 1. The van der Waals surface area contributed by atoms with Gasteiger partial charge in [-0.05, 0) is 44.3 Å². The van der Waals surface area contributed by atoms with Crippen molar-refractivity contribution in [1.29, 1.82) is 0 Å². The number of hydrogen-bond acceptors (Lipinski definition) is 2. The van der Waals surface area contributed by atoms with Gasteiger partial charge in [0, 0.05) is 29.3 Å². The molecule has 0 atom stereocenters. The Balaban J connectivity index is 0.00000128. The van der Waals surface area contributed by atoms with Gasteiger partial charge in [0.25, 0.3) is 0 Å². The van der Waals surface area contributed by atoms with E-state index in [0.29, 0.717) is 0 Å². The molecule has 0 amide bonds. The highest BCUT2D eigenvalue weighted by atomic mass is 35.5. The fourth-order valence-corrected chi connectivity index (χ4v) is 1.75. The van der Waals surface area contributed by atoms with Gasteiger partial charge in [-0.2, -0.15) is 0 Å². The van der Waals surface area contributed by atoms with Gasteiger partial charge in [0.1, 0.15) is 0 Å². The zero-order chi connectivity index (χ0) is 10.8. The molecule has 0 fully saturated rings. The number of H-pyrrole nitrogens is 1. The van der Waals surface area contributed by atoms with Crippen molar-refractivity contribution in [2.24, 2.45) is 0 Å². The Kier molecular flexibility index (Phi) is 6.39. The number of nitrogens with one attached hydrogen (secondary N) is 1. The van der Waals surface area contributed by atoms with Crippen LogP contribution < -0.4 is 5.73 Å². The molecule has 0 unspecified atom stereocenters. The van der Waals surface area contributed by atoms with E-state index in [-0.39, 0.29) is 24.8 Å². The van der Waals surface area contributed by atoms with Gasteiger partial charge < -0.3 is 15.6 Å². The molecule has 0 aliphatic carbocycles. The number of benzene rings is 1. The van der Waals surface area contributed by atoms with Crippen molar-refractivity contribution in [1.82, 2.24) is 9.88 Å². The number of hydrogen-bond donors (Lipinski definition) is 2. The summed E-state index contributed by atoms with van der Waals surface area (Å²) in [6, 6.07) is 6.00. The van der Waals surface area contributed by atoms with Crippen molar-refractivity contribution in [3.8, 4) is 0 Å². The van der Waals surface area contributed by atoms with Gasteiger partial charge in [0.15, 0.2) is 0 Å². The molecule has 0 spiro atoms. The SMILES string of the molecule is CN(C)CCc1c[nH]c2ccc(N)cc12.Cl.Cl. The van der Waals surface area contributed by atoms with Crippen LogP contribution in [0.15, 0.2) is 24.4 Å². The predicted octanol–water partition coefficient (Wildman–Crippen LogP) is 2.70. The Morgan fingerprint density at radius 3 is 2.59 bits per heavy atom. The molecule has 5 heteroatoms. The summed E-state index contributed by atoms with van der Waals surface area (Å²) < 4.78 is 0. The Hall–Kier alpha value is -0.900. The van der Waals surface area contributed by atoms with Crippen LogP contribution in [0.2, 0.25) is 0 Å². The number of anilines is 1. The molecule has 1 heterocycles. The zero-order valence-electron chi connectivity index (χ0n) is 10.1. The van der Waals surface area contributed by atoms with Crippen LogP contribution in [0.3, 0.4) is 0 Å². The average molecular weight is 276 g/mol. The van der Waals surface area contributed by atoms with E-state index >= 15 is 0 Å². The van der Waals surface area contributed by atoms with Crippen molar-refractivity contribution in [2.45, 2.75) is 6.42 Å². The van der Waals surface area contributed by atoms with Gasteiger partial charge in [-0.3, -0.25) is 0 Å². The molecule has 17 heavy (non-hydrogen) atoms. The Morgan fingerprint density at radius 2 is 1.94 bits per heavy atom. The van der Waals surface area contributed by atoms with Crippen molar-refractivity contribution in [2.75, 3.05) is 26.4 Å². The third kappa shape index (κ3) is 3.80. The lowest BCUT2D eigenvalue weighted by atomic mass is 10.1. The van der Waals surface area contributed by atoms with E-state index in [0.717, 1.165) is 24.2 Å². The van der Waals surface area contributed by atoms with E-state index in [1.165, 1.54) is 10.9 Å². The molecular formula is C12H19Cl2N3. The molecular weight excluding hydrogens is 257 g/mol. The van der Waals surface area contributed by atoms with Gasteiger partial charge in [0.05, 0.1) is 0 Å². The van der Waals surface area contributed by atoms with Gasteiger partial charge in [0.2, 0.25) is 0 Å². The lowest BCUT2D eigenvalue weighted by Gasteiger charge is -2.08. The summed E-state index contributed by atoms with van der Waals surface area (Å²) in [6.07, 6.45) is 3.13. The minimum atomic E-state index is 0. The molecule has 2 rings (SSSR count). The van der Waals surface area contributed by atoms with E-state index in [9.17, 15) is 0 Å². The van der Waals surface area contributed by atoms with E-state index in [2.05, 4.69) is 30.2 Å². The van der Waals surface area contributed by atoms with Gasteiger partial charge in [-0.25, -0.2) is 0 Å². The van der Waals surface area contributed by atoms with Gasteiger partial charge in [-0.15, -0.1) is 24.8 Å². The summed E-state index contributed by atoms with van der Waals surface area (Å²) in [4.78, 5) is 5.45. The summed E-state index contributed by atoms with van der Waals surface area (Å²) in [5, 5.41) is 1.25. The molecule has 0 radical (unpaired) electrons. The van der Waals surface area contributed by atoms with Crippen molar-refractivity contribution in [3.05, 3.63) is 30.0 Å². The summed E-state index contributed by atoms with van der Waals surface area (Å²) in [7, 11) is 4.17. The maximum absolute atomic E-state index is 5.78. The minimum absolute atomic E-state index is 0. The van der Waals surface area contributed by atoms with E-state index in [1.807, 2.05) is 18.2 Å². The van der Waals surface area contributed by atoms with Crippen molar-refractivity contribution < 1.29 is 0 Å². The largest absolute Gasteiger partial charge is 0.399 e. The second-order valence-electron chi connectivity index (χ2n) is 4.17. The molecule has 3 N–H and O–H groups in total. The predicted molar refractivity (Wildman–Crippen MR) is 79.5 cm³/mol. The van der Waals surface area contributed by atoms with E-state index in [1.54, 1.807) is 0 Å². The third-order valence-corrected chi connectivity index (χ3v) is 2.62. The van der Waals surface area contributed by atoms with Gasteiger partial charge >= 0.3 is 0 Å². The molecule has 0 saturated heterocycles. The number of nitrogens with two attached hydrogens (primary N) is 1. The second-order valence-corrected chi connectivity index (χ2v) is 4.17. The van der Waals surface area contributed by atoms with Crippen LogP contribution in [0.5, 0.6) is 0 Å². The molecule has 2 aromatic rings. The summed E-state index contributed by atoms with van der Waals surface area (Å²) in [5.74, 6) is 0. The zero-order valence-corrected chi connectivity index (χ0v) is 11.7. The number of nitrogens with zero attached hydrogens (tertiary/aromatic N) is 1. The molecule has 3 nitrogen and oxygen atoms in total. The molecule has 0 aliphatic rings. The van der Waals surface area contributed by atoms with Crippen LogP contribution in [0.4, 0.5) is 5.69 Å². The number of aromatic nitrogens is 1. The van der Waals surface area contributed by atoms with Crippen molar-refractivity contribution >= 4 is 41.4 Å². The Labute approximate surface area is 114 Å². The molecule has 0 saturated carbocycles. The number of halogens is 2. The minimum Gasteiger partial charge on any atom is -0.399 e. The molecule has 1 aromatic carbocycles. The standard InChI is InChI=1S/C12H17N3.2ClH/c1-15(2)6-5-9-8-14-12-4-3-10(13)7-11(9)12;;/h3-4,7-8,14H,5-6,13H2,1-2H3;2*1H. The summed E-state index contributed by atoms with van der Waals surface area (Å²) in [5.41, 5.74) is 9.11. The topological polar surface area (TPSA) is 45.0 Å². The molecule has 96 valence electrons. The van der Waals surface area contributed by atoms with Crippen molar-refractivity contribution in [3.63, 3.8) is 0 Å². The second kappa shape index (κ2) is 6.74. The van der Waals surface area contributed by atoms with Crippen LogP contribution in [0.25, 0.3) is 10.9 Å². The van der Waals surface area contributed by atoms with Crippen LogP contribution in [0.1, 0.15) is 5.56 Å². The number of likely N-dealkylation sites (N-methyl/N-ethyl adjacent to an activating group) is 1.